The van der Waals surface area contributed by atoms with Crippen molar-refractivity contribution < 1.29 is 14.3 Å². The highest BCUT2D eigenvalue weighted by molar-refractivity contribution is 5.99. The number of methoxy groups -OCH3 is 1. The van der Waals surface area contributed by atoms with Gasteiger partial charge in [-0.2, -0.15) is 5.26 Å². The molecule has 2 aliphatic heterocycles. The molecule has 0 amide bonds. The van der Waals surface area contributed by atoms with Crippen molar-refractivity contribution in [3.63, 3.8) is 0 Å². The number of benzene rings is 1. The lowest BCUT2D eigenvalue weighted by Gasteiger charge is -2.45. The first-order valence-corrected chi connectivity index (χ1v) is 9.58. The quantitative estimate of drug-likeness (QED) is 0.858. The monoisotopic (exact) mass is 380 g/mol. The Balaban J connectivity index is 1.85. The number of morpholine rings is 1. The van der Waals surface area contributed by atoms with E-state index < -0.39 is 5.92 Å². The molecule has 1 aromatic carbocycles. The van der Waals surface area contributed by atoms with Crippen molar-refractivity contribution >= 4 is 5.78 Å². The van der Waals surface area contributed by atoms with E-state index in [4.69, 9.17) is 15.2 Å². The van der Waals surface area contributed by atoms with Crippen LogP contribution < -0.4 is 10.5 Å². The molecule has 1 unspecified atom stereocenters. The second-order valence-corrected chi connectivity index (χ2v) is 7.13. The van der Waals surface area contributed by atoms with Crippen LogP contribution in [0.25, 0.3) is 0 Å². The van der Waals surface area contributed by atoms with E-state index >= 15 is 0 Å². The Labute approximate surface area is 164 Å². The van der Waals surface area contributed by atoms with Gasteiger partial charge < -0.3 is 15.2 Å². The van der Waals surface area contributed by atoms with E-state index in [9.17, 15) is 10.1 Å². The number of rotatable bonds is 3. The maximum absolute atomic E-state index is 13.0. The summed E-state index contributed by atoms with van der Waals surface area (Å²) >= 11 is 0. The number of Topliss-reactive ketones (excluding diaryl/α,β-unsaturated/α-hetero) is 1. The number of carbonyl (C=O) groups excluding carboxylic acids is 1. The number of nitrogens with two attached hydrogens (primary N) is 1. The molecule has 28 heavy (non-hydrogen) atoms. The molecular formula is C21H24N4O3. The Morgan fingerprint density at radius 2 is 1.93 bits per heavy atom. The number of hydrazine groups is 1. The lowest BCUT2D eigenvalue weighted by molar-refractivity contribution is -0.117. The van der Waals surface area contributed by atoms with Crippen molar-refractivity contribution in [2.45, 2.75) is 25.2 Å². The lowest BCUT2D eigenvalue weighted by Crippen LogP contribution is -2.52. The van der Waals surface area contributed by atoms with Gasteiger partial charge in [-0.15, -0.1) is 0 Å². The molecule has 1 atom stereocenters. The standard InChI is InChI=1S/C21H24N4O3/c1-27-15-7-5-14(6-8-15)19-16(13-22)21(23)25(24-9-11-28-12-10-24)17-3-2-4-18(26)20(17)19/h5-8,19H,2-4,9-12,23H2,1H3. The molecule has 3 aliphatic rings. The Morgan fingerprint density at radius 3 is 2.57 bits per heavy atom. The predicted octanol–water partition coefficient (Wildman–Crippen LogP) is 2.04. The van der Waals surface area contributed by atoms with Crippen LogP contribution in [-0.2, 0) is 9.53 Å². The van der Waals surface area contributed by atoms with Gasteiger partial charge in [0.1, 0.15) is 11.6 Å². The van der Waals surface area contributed by atoms with Gasteiger partial charge in [0.05, 0.1) is 37.9 Å². The van der Waals surface area contributed by atoms with E-state index in [0.717, 1.165) is 29.9 Å². The van der Waals surface area contributed by atoms with Crippen molar-refractivity contribution in [3.05, 3.63) is 52.5 Å². The van der Waals surface area contributed by atoms with E-state index in [2.05, 4.69) is 11.1 Å². The largest absolute Gasteiger partial charge is 0.497 e. The van der Waals surface area contributed by atoms with Gasteiger partial charge in [0.25, 0.3) is 0 Å². The van der Waals surface area contributed by atoms with E-state index in [1.54, 1.807) is 7.11 Å². The number of allylic oxidation sites excluding steroid dienone is 3. The fraction of sp³-hybridized carbons (Fsp3) is 0.429. The normalized spacial score (nSPS) is 23.5. The molecule has 0 saturated carbocycles. The minimum absolute atomic E-state index is 0.0978. The summed E-state index contributed by atoms with van der Waals surface area (Å²) < 4.78 is 10.7. The summed E-state index contributed by atoms with van der Waals surface area (Å²) in [5.41, 5.74) is 9.46. The Bertz CT molecular complexity index is 876. The molecule has 1 aliphatic carbocycles. The highest BCUT2D eigenvalue weighted by atomic mass is 16.5. The van der Waals surface area contributed by atoms with Crippen LogP contribution >= 0.6 is 0 Å². The SMILES string of the molecule is COc1ccc(C2C(C#N)=C(N)N(N3CCOCC3)C3=C2C(=O)CCC3)cc1. The summed E-state index contributed by atoms with van der Waals surface area (Å²) in [6, 6.07) is 9.81. The highest BCUT2D eigenvalue weighted by Crippen LogP contribution is 2.45. The summed E-state index contributed by atoms with van der Waals surface area (Å²) in [5, 5.41) is 14.0. The predicted molar refractivity (Wildman–Crippen MR) is 103 cm³/mol. The van der Waals surface area contributed by atoms with E-state index in [-0.39, 0.29) is 5.78 Å². The van der Waals surface area contributed by atoms with Gasteiger partial charge >= 0.3 is 0 Å². The minimum Gasteiger partial charge on any atom is -0.497 e. The van der Waals surface area contributed by atoms with Crippen LogP contribution in [0.5, 0.6) is 5.75 Å². The third kappa shape index (κ3) is 3.05. The Kier molecular flexibility index (Phi) is 5.07. The van der Waals surface area contributed by atoms with E-state index in [1.165, 1.54) is 0 Å². The van der Waals surface area contributed by atoms with Crippen molar-refractivity contribution in [1.82, 2.24) is 10.0 Å². The van der Waals surface area contributed by atoms with E-state index in [0.29, 0.717) is 49.7 Å². The van der Waals surface area contributed by atoms with Crippen LogP contribution in [0.4, 0.5) is 0 Å². The molecule has 0 radical (unpaired) electrons. The fourth-order valence-corrected chi connectivity index (χ4v) is 4.27. The first kappa shape index (κ1) is 18.5. The van der Waals surface area contributed by atoms with Gasteiger partial charge in [-0.1, -0.05) is 12.1 Å². The summed E-state index contributed by atoms with van der Waals surface area (Å²) in [5.74, 6) is 0.810. The molecule has 146 valence electrons. The zero-order valence-electron chi connectivity index (χ0n) is 16.0. The van der Waals surface area contributed by atoms with Crippen LogP contribution in [0.2, 0.25) is 0 Å². The number of hydrogen-bond donors (Lipinski definition) is 1. The number of ketones is 1. The van der Waals surface area contributed by atoms with Crippen LogP contribution in [0.3, 0.4) is 0 Å². The molecule has 2 N–H and O–H groups in total. The first-order valence-electron chi connectivity index (χ1n) is 9.58. The van der Waals surface area contributed by atoms with Crippen LogP contribution in [-0.4, -0.2) is 49.2 Å². The third-order valence-electron chi connectivity index (χ3n) is 5.61. The molecule has 0 aromatic heterocycles. The van der Waals surface area contributed by atoms with Gasteiger partial charge in [0.2, 0.25) is 0 Å². The average Bonchev–Trinajstić information content (AvgIpc) is 2.74. The van der Waals surface area contributed by atoms with Crippen molar-refractivity contribution in [2.75, 3.05) is 33.4 Å². The molecule has 1 aromatic rings. The summed E-state index contributed by atoms with van der Waals surface area (Å²) in [6.07, 6.45) is 2.06. The third-order valence-corrected chi connectivity index (χ3v) is 5.61. The maximum atomic E-state index is 13.0. The maximum Gasteiger partial charge on any atom is 0.161 e. The summed E-state index contributed by atoms with van der Waals surface area (Å²) in [7, 11) is 1.61. The van der Waals surface area contributed by atoms with Gasteiger partial charge in [-0.05, 0) is 30.5 Å². The molecule has 1 fully saturated rings. The van der Waals surface area contributed by atoms with Crippen molar-refractivity contribution in [3.8, 4) is 11.8 Å². The number of nitriles is 1. The second-order valence-electron chi connectivity index (χ2n) is 7.13. The molecule has 7 nitrogen and oxygen atoms in total. The Hall–Kier alpha value is -2.82. The highest BCUT2D eigenvalue weighted by Gasteiger charge is 2.41. The zero-order chi connectivity index (χ0) is 19.7. The summed E-state index contributed by atoms with van der Waals surface area (Å²) in [6.45, 7) is 2.56. The van der Waals surface area contributed by atoms with E-state index in [1.807, 2.05) is 29.3 Å². The van der Waals surface area contributed by atoms with Crippen molar-refractivity contribution in [1.29, 1.82) is 5.26 Å². The zero-order valence-corrected chi connectivity index (χ0v) is 16.0. The number of nitrogens with zero attached hydrogens (tertiary/aromatic N) is 3. The second kappa shape index (κ2) is 7.66. The average molecular weight is 380 g/mol. The molecular weight excluding hydrogens is 356 g/mol. The molecule has 7 heteroatoms. The lowest BCUT2D eigenvalue weighted by atomic mass is 9.76. The number of carbonyl (C=O) groups is 1. The molecule has 1 saturated heterocycles. The minimum atomic E-state index is -0.434. The van der Waals surface area contributed by atoms with Gasteiger partial charge in [0, 0.05) is 30.8 Å². The topological polar surface area (TPSA) is 91.8 Å². The van der Waals surface area contributed by atoms with Crippen molar-refractivity contribution in [2.24, 2.45) is 5.73 Å². The summed E-state index contributed by atoms with van der Waals surface area (Å²) in [4.78, 5) is 13.0. The first-order chi connectivity index (χ1) is 13.7. The van der Waals surface area contributed by atoms with Gasteiger partial charge in [-0.3, -0.25) is 9.80 Å². The molecule has 0 bridgehead atoms. The molecule has 4 rings (SSSR count). The van der Waals surface area contributed by atoms with Gasteiger partial charge in [-0.25, -0.2) is 5.01 Å². The Morgan fingerprint density at radius 1 is 1.21 bits per heavy atom. The smallest absolute Gasteiger partial charge is 0.161 e. The van der Waals surface area contributed by atoms with Gasteiger partial charge in [0.15, 0.2) is 5.78 Å². The van der Waals surface area contributed by atoms with Crippen LogP contribution in [0.15, 0.2) is 46.9 Å². The van der Waals surface area contributed by atoms with Crippen LogP contribution in [0.1, 0.15) is 30.7 Å². The number of ether oxygens (including phenoxy) is 2. The molecule has 0 spiro atoms. The fourth-order valence-electron chi connectivity index (χ4n) is 4.27. The molecule has 2 heterocycles. The number of hydrogen-bond acceptors (Lipinski definition) is 7. The van der Waals surface area contributed by atoms with Crippen LogP contribution in [0, 0.1) is 11.3 Å².